The minimum Gasteiger partial charge on any atom is -0.328 e. The van der Waals surface area contributed by atoms with Crippen molar-refractivity contribution in [3.8, 4) is 0 Å². The van der Waals surface area contributed by atoms with Crippen LogP contribution in [0.1, 0.15) is 46.0 Å². The van der Waals surface area contributed by atoms with Gasteiger partial charge in [-0.15, -0.1) is 0 Å². The average molecular weight is 184 g/mol. The SMILES string of the molecule is CCC1CCCN1CCCC(C)N. The molecule has 1 saturated heterocycles. The fraction of sp³-hybridized carbons (Fsp3) is 1.00. The molecule has 1 heterocycles. The van der Waals surface area contributed by atoms with Crippen molar-refractivity contribution in [2.24, 2.45) is 5.73 Å². The van der Waals surface area contributed by atoms with Gasteiger partial charge in [-0.25, -0.2) is 0 Å². The van der Waals surface area contributed by atoms with E-state index in [1.807, 2.05) is 0 Å². The van der Waals surface area contributed by atoms with E-state index < -0.39 is 0 Å². The van der Waals surface area contributed by atoms with E-state index in [1.54, 1.807) is 0 Å². The maximum Gasteiger partial charge on any atom is 0.00931 e. The highest BCUT2D eigenvalue weighted by molar-refractivity contribution is 4.77. The lowest BCUT2D eigenvalue weighted by Crippen LogP contribution is -2.30. The quantitative estimate of drug-likeness (QED) is 0.708. The molecule has 2 N–H and O–H groups in total. The van der Waals surface area contributed by atoms with Gasteiger partial charge in [-0.2, -0.15) is 0 Å². The van der Waals surface area contributed by atoms with E-state index >= 15 is 0 Å². The molecule has 2 atom stereocenters. The largest absolute Gasteiger partial charge is 0.328 e. The topological polar surface area (TPSA) is 29.3 Å². The second-order valence-electron chi connectivity index (χ2n) is 4.36. The third-order valence-corrected chi connectivity index (χ3v) is 3.08. The van der Waals surface area contributed by atoms with Crippen LogP contribution in [0.5, 0.6) is 0 Å². The maximum absolute atomic E-state index is 5.73. The molecular weight excluding hydrogens is 160 g/mol. The minimum atomic E-state index is 0.377. The molecule has 0 amide bonds. The molecule has 0 radical (unpaired) electrons. The summed E-state index contributed by atoms with van der Waals surface area (Å²) in [7, 11) is 0. The van der Waals surface area contributed by atoms with Crippen molar-refractivity contribution >= 4 is 0 Å². The summed E-state index contributed by atoms with van der Waals surface area (Å²) in [6, 6.07) is 1.25. The summed E-state index contributed by atoms with van der Waals surface area (Å²) < 4.78 is 0. The second kappa shape index (κ2) is 5.61. The van der Waals surface area contributed by atoms with E-state index in [1.165, 1.54) is 45.2 Å². The number of hydrogen-bond acceptors (Lipinski definition) is 2. The smallest absolute Gasteiger partial charge is 0.00931 e. The van der Waals surface area contributed by atoms with E-state index in [-0.39, 0.29) is 0 Å². The van der Waals surface area contributed by atoms with Crippen molar-refractivity contribution in [1.29, 1.82) is 0 Å². The molecule has 2 heteroatoms. The van der Waals surface area contributed by atoms with E-state index in [0.29, 0.717) is 6.04 Å². The van der Waals surface area contributed by atoms with Gasteiger partial charge in [0, 0.05) is 12.1 Å². The van der Waals surface area contributed by atoms with Crippen molar-refractivity contribution in [3.05, 3.63) is 0 Å². The predicted molar refractivity (Wildman–Crippen MR) is 57.8 cm³/mol. The lowest BCUT2D eigenvalue weighted by atomic mass is 10.1. The van der Waals surface area contributed by atoms with Crippen molar-refractivity contribution < 1.29 is 0 Å². The fourth-order valence-electron chi connectivity index (χ4n) is 2.27. The van der Waals surface area contributed by atoms with Crippen LogP contribution in [0.4, 0.5) is 0 Å². The first-order chi connectivity index (χ1) is 6.24. The minimum absolute atomic E-state index is 0.377. The lowest BCUT2D eigenvalue weighted by Gasteiger charge is -2.23. The van der Waals surface area contributed by atoms with Crippen LogP contribution in [0.15, 0.2) is 0 Å². The highest BCUT2D eigenvalue weighted by Crippen LogP contribution is 2.19. The van der Waals surface area contributed by atoms with Gasteiger partial charge in [-0.1, -0.05) is 6.92 Å². The van der Waals surface area contributed by atoms with Gasteiger partial charge < -0.3 is 10.6 Å². The zero-order valence-electron chi connectivity index (χ0n) is 9.13. The molecule has 0 aliphatic carbocycles. The van der Waals surface area contributed by atoms with Crippen molar-refractivity contribution in [2.75, 3.05) is 13.1 Å². The predicted octanol–water partition coefficient (Wildman–Crippen LogP) is 1.99. The van der Waals surface area contributed by atoms with E-state index in [0.717, 1.165) is 6.04 Å². The van der Waals surface area contributed by atoms with Crippen LogP contribution in [0.3, 0.4) is 0 Å². The van der Waals surface area contributed by atoms with Crippen molar-refractivity contribution in [2.45, 2.75) is 58.0 Å². The van der Waals surface area contributed by atoms with Crippen LogP contribution >= 0.6 is 0 Å². The molecule has 0 saturated carbocycles. The molecule has 0 aromatic carbocycles. The Bertz CT molecular complexity index is 134. The Balaban J connectivity index is 2.13. The van der Waals surface area contributed by atoms with Crippen LogP contribution in [0, 0.1) is 0 Å². The summed E-state index contributed by atoms with van der Waals surface area (Å²) in [5.74, 6) is 0. The fourth-order valence-corrected chi connectivity index (χ4v) is 2.27. The molecule has 78 valence electrons. The molecule has 1 aliphatic rings. The normalized spacial score (nSPS) is 26.5. The first kappa shape index (κ1) is 11.0. The van der Waals surface area contributed by atoms with E-state index in [2.05, 4.69) is 18.7 Å². The van der Waals surface area contributed by atoms with Crippen LogP contribution in [-0.4, -0.2) is 30.1 Å². The van der Waals surface area contributed by atoms with Gasteiger partial charge in [0.15, 0.2) is 0 Å². The van der Waals surface area contributed by atoms with Crippen molar-refractivity contribution in [1.82, 2.24) is 4.90 Å². The van der Waals surface area contributed by atoms with Gasteiger partial charge in [0.2, 0.25) is 0 Å². The van der Waals surface area contributed by atoms with Crippen LogP contribution in [0.2, 0.25) is 0 Å². The number of likely N-dealkylation sites (tertiary alicyclic amines) is 1. The lowest BCUT2D eigenvalue weighted by molar-refractivity contribution is 0.242. The van der Waals surface area contributed by atoms with E-state index in [4.69, 9.17) is 5.73 Å². The first-order valence-electron chi connectivity index (χ1n) is 5.73. The Hall–Kier alpha value is -0.0800. The molecule has 0 aromatic rings. The second-order valence-corrected chi connectivity index (χ2v) is 4.36. The molecule has 0 spiro atoms. The van der Waals surface area contributed by atoms with E-state index in [9.17, 15) is 0 Å². The summed E-state index contributed by atoms with van der Waals surface area (Å²) >= 11 is 0. The van der Waals surface area contributed by atoms with Crippen molar-refractivity contribution in [3.63, 3.8) is 0 Å². The molecule has 1 aliphatic heterocycles. The number of nitrogens with two attached hydrogens (primary N) is 1. The summed E-state index contributed by atoms with van der Waals surface area (Å²) in [4.78, 5) is 2.64. The van der Waals surface area contributed by atoms with Gasteiger partial charge in [0.05, 0.1) is 0 Å². The highest BCUT2D eigenvalue weighted by atomic mass is 15.2. The van der Waals surface area contributed by atoms with Gasteiger partial charge in [0.1, 0.15) is 0 Å². The monoisotopic (exact) mass is 184 g/mol. The molecule has 1 fully saturated rings. The molecule has 0 bridgehead atoms. The zero-order chi connectivity index (χ0) is 9.68. The number of hydrogen-bond donors (Lipinski definition) is 1. The third kappa shape index (κ3) is 3.65. The third-order valence-electron chi connectivity index (χ3n) is 3.08. The number of rotatable bonds is 5. The van der Waals surface area contributed by atoms with Crippen LogP contribution < -0.4 is 5.73 Å². The zero-order valence-corrected chi connectivity index (χ0v) is 9.13. The first-order valence-corrected chi connectivity index (χ1v) is 5.73. The Labute approximate surface area is 82.5 Å². The standard InChI is InChI=1S/C11H24N2/c1-3-11-7-5-9-13(11)8-4-6-10(2)12/h10-11H,3-9,12H2,1-2H3. The van der Waals surface area contributed by atoms with Gasteiger partial charge in [-0.3, -0.25) is 0 Å². The number of nitrogens with zero attached hydrogens (tertiary/aromatic N) is 1. The molecule has 2 nitrogen and oxygen atoms in total. The maximum atomic E-state index is 5.73. The Kier molecular flexibility index (Phi) is 4.74. The average Bonchev–Trinajstić information content (AvgIpc) is 2.51. The Morgan fingerprint density at radius 1 is 1.54 bits per heavy atom. The van der Waals surface area contributed by atoms with Gasteiger partial charge in [0.25, 0.3) is 0 Å². The molecule has 2 unspecified atom stereocenters. The molecule has 13 heavy (non-hydrogen) atoms. The van der Waals surface area contributed by atoms with Gasteiger partial charge in [-0.05, 0) is 52.1 Å². The molecular formula is C11H24N2. The Morgan fingerprint density at radius 3 is 2.92 bits per heavy atom. The summed E-state index contributed by atoms with van der Waals surface area (Å²) in [5, 5.41) is 0. The van der Waals surface area contributed by atoms with Crippen LogP contribution in [-0.2, 0) is 0 Å². The summed E-state index contributed by atoms with van der Waals surface area (Å²) in [5.41, 5.74) is 5.73. The summed E-state index contributed by atoms with van der Waals surface area (Å²) in [6.07, 6.45) is 6.57. The Morgan fingerprint density at radius 2 is 2.31 bits per heavy atom. The molecule has 1 rings (SSSR count). The van der Waals surface area contributed by atoms with Gasteiger partial charge >= 0.3 is 0 Å². The highest BCUT2D eigenvalue weighted by Gasteiger charge is 2.21. The van der Waals surface area contributed by atoms with Crippen LogP contribution in [0.25, 0.3) is 0 Å². The molecule has 0 aromatic heterocycles. The summed E-state index contributed by atoms with van der Waals surface area (Å²) in [6.45, 7) is 6.98.